The molecule has 1 aliphatic rings. The molecule has 18 heavy (non-hydrogen) atoms. The maximum atomic E-state index is 10.6. The minimum atomic E-state index is -0.646. The fraction of sp³-hybridized carbons (Fsp3) is 0.714. The van der Waals surface area contributed by atoms with Crippen molar-refractivity contribution in [3.05, 3.63) is 22.4 Å². The predicted octanol–water partition coefficient (Wildman–Crippen LogP) is 2.72. The molecule has 3 nitrogen and oxygen atoms in total. The number of nitrogens with one attached hydrogen (secondary N) is 1. The van der Waals surface area contributed by atoms with Crippen LogP contribution in [-0.2, 0) is 4.74 Å². The van der Waals surface area contributed by atoms with Gasteiger partial charge in [0.1, 0.15) is 0 Å². The van der Waals surface area contributed by atoms with Gasteiger partial charge in [-0.3, -0.25) is 0 Å². The SMILES string of the molecule is C[C@@H](NC[C@@]1(O)CCOC(C)(C)C1)c1cccs1. The first-order chi connectivity index (χ1) is 8.40. The quantitative estimate of drug-likeness (QED) is 0.883. The molecule has 1 fully saturated rings. The van der Waals surface area contributed by atoms with Gasteiger partial charge in [-0.25, -0.2) is 0 Å². The molecule has 0 unspecified atom stereocenters. The van der Waals surface area contributed by atoms with E-state index in [1.54, 1.807) is 11.3 Å². The zero-order valence-electron chi connectivity index (χ0n) is 11.4. The molecule has 1 aromatic rings. The lowest BCUT2D eigenvalue weighted by Gasteiger charge is -2.42. The molecule has 2 heterocycles. The summed E-state index contributed by atoms with van der Waals surface area (Å²) >= 11 is 1.75. The van der Waals surface area contributed by atoms with Crippen molar-refractivity contribution in [3.8, 4) is 0 Å². The fourth-order valence-corrected chi connectivity index (χ4v) is 3.34. The number of ether oxygens (including phenoxy) is 1. The first-order valence-electron chi connectivity index (χ1n) is 6.53. The molecule has 0 bridgehead atoms. The van der Waals surface area contributed by atoms with Gasteiger partial charge in [-0.15, -0.1) is 11.3 Å². The molecule has 1 aliphatic heterocycles. The lowest BCUT2D eigenvalue weighted by molar-refractivity contribution is -0.142. The topological polar surface area (TPSA) is 41.5 Å². The first kappa shape index (κ1) is 14.0. The van der Waals surface area contributed by atoms with Gasteiger partial charge in [-0.2, -0.15) is 0 Å². The molecule has 1 aromatic heterocycles. The summed E-state index contributed by atoms with van der Waals surface area (Å²) in [5, 5.41) is 16.1. The Hall–Kier alpha value is -0.420. The van der Waals surface area contributed by atoms with Gasteiger partial charge in [-0.05, 0) is 32.2 Å². The summed E-state index contributed by atoms with van der Waals surface area (Å²) in [4.78, 5) is 1.31. The molecule has 0 amide bonds. The van der Waals surface area contributed by atoms with E-state index in [2.05, 4.69) is 29.8 Å². The Labute approximate surface area is 113 Å². The molecule has 102 valence electrons. The monoisotopic (exact) mass is 269 g/mol. The molecular formula is C14H23NO2S. The Kier molecular flexibility index (Phi) is 4.11. The molecule has 0 radical (unpaired) electrons. The average Bonchev–Trinajstić information content (AvgIpc) is 2.77. The molecule has 0 aliphatic carbocycles. The summed E-state index contributed by atoms with van der Waals surface area (Å²) in [5.41, 5.74) is -0.867. The Morgan fingerprint density at radius 2 is 2.33 bits per heavy atom. The Bertz CT molecular complexity index is 377. The molecule has 0 spiro atoms. The van der Waals surface area contributed by atoms with Crippen LogP contribution in [-0.4, -0.2) is 29.5 Å². The first-order valence-corrected chi connectivity index (χ1v) is 7.41. The highest BCUT2D eigenvalue weighted by Gasteiger charge is 2.39. The van der Waals surface area contributed by atoms with E-state index >= 15 is 0 Å². The summed E-state index contributed by atoms with van der Waals surface area (Å²) in [5.74, 6) is 0. The second-order valence-electron chi connectivity index (χ2n) is 5.88. The van der Waals surface area contributed by atoms with Crippen molar-refractivity contribution in [1.29, 1.82) is 0 Å². The maximum absolute atomic E-state index is 10.6. The van der Waals surface area contributed by atoms with Crippen LogP contribution in [0, 0.1) is 0 Å². The van der Waals surface area contributed by atoms with Crippen molar-refractivity contribution in [2.24, 2.45) is 0 Å². The Balaban J connectivity index is 1.89. The average molecular weight is 269 g/mol. The van der Waals surface area contributed by atoms with Crippen molar-refractivity contribution in [3.63, 3.8) is 0 Å². The van der Waals surface area contributed by atoms with Crippen LogP contribution in [0.25, 0.3) is 0 Å². The highest BCUT2D eigenvalue weighted by Crippen LogP contribution is 2.32. The molecule has 2 rings (SSSR count). The van der Waals surface area contributed by atoms with E-state index in [-0.39, 0.29) is 5.60 Å². The highest BCUT2D eigenvalue weighted by molar-refractivity contribution is 7.10. The highest BCUT2D eigenvalue weighted by atomic mass is 32.1. The number of rotatable bonds is 4. The second kappa shape index (κ2) is 5.29. The van der Waals surface area contributed by atoms with E-state index in [1.807, 2.05) is 13.8 Å². The molecule has 0 aromatic carbocycles. The minimum Gasteiger partial charge on any atom is -0.388 e. The molecule has 0 saturated carbocycles. The van der Waals surface area contributed by atoms with Gasteiger partial charge in [0.2, 0.25) is 0 Å². The maximum Gasteiger partial charge on any atom is 0.0820 e. The molecule has 1 saturated heterocycles. The molecule has 4 heteroatoms. The summed E-state index contributed by atoms with van der Waals surface area (Å²) in [7, 11) is 0. The molecule has 2 N–H and O–H groups in total. The van der Waals surface area contributed by atoms with E-state index in [4.69, 9.17) is 4.74 Å². The van der Waals surface area contributed by atoms with Crippen LogP contribution in [0.5, 0.6) is 0 Å². The standard InChI is InChI=1S/C14H23NO2S/c1-11(12-5-4-8-18-12)15-10-14(16)6-7-17-13(2,3)9-14/h4-5,8,11,15-16H,6-7,9-10H2,1-3H3/t11-,14-/m1/s1. The third-order valence-electron chi connectivity index (χ3n) is 3.52. The second-order valence-corrected chi connectivity index (χ2v) is 6.86. The summed E-state index contributed by atoms with van der Waals surface area (Å²) in [6.45, 7) is 7.48. The van der Waals surface area contributed by atoms with Gasteiger partial charge in [0.05, 0.1) is 17.8 Å². The van der Waals surface area contributed by atoms with Gasteiger partial charge in [0.15, 0.2) is 0 Å². The van der Waals surface area contributed by atoms with Crippen LogP contribution in [0.1, 0.15) is 44.5 Å². The number of thiophene rings is 1. The molecule has 2 atom stereocenters. The number of hydrogen-bond donors (Lipinski definition) is 2. The van der Waals surface area contributed by atoms with E-state index in [1.165, 1.54) is 4.88 Å². The number of aliphatic hydroxyl groups is 1. The van der Waals surface area contributed by atoms with Gasteiger partial charge in [-0.1, -0.05) is 6.07 Å². The van der Waals surface area contributed by atoms with Crippen molar-refractivity contribution < 1.29 is 9.84 Å². The molecular weight excluding hydrogens is 246 g/mol. The van der Waals surface area contributed by atoms with Crippen LogP contribution in [0.15, 0.2) is 17.5 Å². The largest absolute Gasteiger partial charge is 0.388 e. The minimum absolute atomic E-state index is 0.221. The van der Waals surface area contributed by atoms with E-state index < -0.39 is 5.60 Å². The summed E-state index contributed by atoms with van der Waals surface area (Å²) in [6, 6.07) is 4.48. The number of hydrogen-bond acceptors (Lipinski definition) is 4. The lowest BCUT2D eigenvalue weighted by atomic mass is 9.84. The zero-order chi connectivity index (χ0) is 13.2. The van der Waals surface area contributed by atoms with E-state index in [9.17, 15) is 5.11 Å². The van der Waals surface area contributed by atoms with Crippen LogP contribution < -0.4 is 5.32 Å². The van der Waals surface area contributed by atoms with Crippen molar-refractivity contribution in [2.45, 2.75) is 50.9 Å². The Morgan fingerprint density at radius 3 is 2.94 bits per heavy atom. The van der Waals surface area contributed by atoms with E-state index in [0.29, 0.717) is 32.0 Å². The van der Waals surface area contributed by atoms with Gasteiger partial charge >= 0.3 is 0 Å². The van der Waals surface area contributed by atoms with E-state index in [0.717, 1.165) is 0 Å². The summed E-state index contributed by atoms with van der Waals surface area (Å²) in [6.07, 6.45) is 1.39. The third kappa shape index (κ3) is 3.54. The van der Waals surface area contributed by atoms with Crippen molar-refractivity contribution in [2.75, 3.05) is 13.2 Å². The normalized spacial score (nSPS) is 29.1. The Morgan fingerprint density at radius 1 is 1.56 bits per heavy atom. The fourth-order valence-electron chi connectivity index (χ4n) is 2.58. The lowest BCUT2D eigenvalue weighted by Crippen LogP contribution is -2.51. The van der Waals surface area contributed by atoms with Crippen LogP contribution in [0.2, 0.25) is 0 Å². The van der Waals surface area contributed by atoms with Gasteiger partial charge in [0, 0.05) is 30.3 Å². The zero-order valence-corrected chi connectivity index (χ0v) is 12.2. The smallest absolute Gasteiger partial charge is 0.0820 e. The van der Waals surface area contributed by atoms with Crippen LogP contribution >= 0.6 is 11.3 Å². The van der Waals surface area contributed by atoms with Gasteiger partial charge in [0.25, 0.3) is 0 Å². The van der Waals surface area contributed by atoms with Crippen LogP contribution in [0.3, 0.4) is 0 Å². The van der Waals surface area contributed by atoms with Gasteiger partial charge < -0.3 is 15.2 Å². The van der Waals surface area contributed by atoms with Crippen LogP contribution in [0.4, 0.5) is 0 Å². The predicted molar refractivity (Wildman–Crippen MR) is 75.0 cm³/mol. The third-order valence-corrected chi connectivity index (χ3v) is 4.58. The van der Waals surface area contributed by atoms with Crippen molar-refractivity contribution in [1.82, 2.24) is 5.32 Å². The summed E-state index contributed by atoms with van der Waals surface area (Å²) < 4.78 is 5.65. The van der Waals surface area contributed by atoms with Crippen molar-refractivity contribution >= 4 is 11.3 Å².